The number of hydrogen-bond donors (Lipinski definition) is 1. The predicted molar refractivity (Wildman–Crippen MR) is 97.8 cm³/mol. The molecule has 128 valence electrons. The van der Waals surface area contributed by atoms with Crippen molar-refractivity contribution < 1.29 is 9.52 Å². The Hall–Kier alpha value is -2.86. The molecule has 1 N–H and O–H groups in total. The second kappa shape index (κ2) is 6.57. The molecule has 0 spiro atoms. The average molecular weight is 336 g/mol. The molecule has 0 saturated carbocycles. The van der Waals surface area contributed by atoms with Gasteiger partial charge in [-0.2, -0.15) is 0 Å². The molecule has 0 aliphatic rings. The maximum atomic E-state index is 9.31. The number of aliphatic hydroxyl groups is 1. The normalized spacial score (nSPS) is 11.4. The number of rotatable bonds is 6. The Morgan fingerprint density at radius 3 is 2.84 bits per heavy atom. The topological polar surface area (TPSA) is 66.8 Å². The van der Waals surface area contributed by atoms with E-state index in [2.05, 4.69) is 16.8 Å². The van der Waals surface area contributed by atoms with E-state index in [1.807, 2.05) is 42.5 Å². The first-order chi connectivity index (χ1) is 12.3. The van der Waals surface area contributed by atoms with Gasteiger partial charge in [-0.25, -0.2) is 9.50 Å². The summed E-state index contributed by atoms with van der Waals surface area (Å²) in [5.41, 5.74) is 2.42. The fraction of sp³-hybridized carbons (Fsp3) is 0.263. The molecule has 0 aliphatic heterocycles. The van der Waals surface area contributed by atoms with Crippen molar-refractivity contribution in [2.45, 2.75) is 13.3 Å². The lowest BCUT2D eigenvalue weighted by Gasteiger charge is -2.21. The first-order valence-corrected chi connectivity index (χ1v) is 8.49. The van der Waals surface area contributed by atoms with Gasteiger partial charge in [0.2, 0.25) is 0 Å². The molecule has 0 unspecified atom stereocenters. The van der Waals surface area contributed by atoms with E-state index in [0.29, 0.717) is 6.54 Å². The molecule has 6 nitrogen and oxygen atoms in total. The molecule has 6 heteroatoms. The van der Waals surface area contributed by atoms with Crippen molar-refractivity contribution in [1.29, 1.82) is 0 Å². The number of aliphatic hydroxyl groups excluding tert-OH is 1. The number of anilines is 1. The van der Waals surface area contributed by atoms with Crippen LogP contribution < -0.4 is 4.90 Å². The summed E-state index contributed by atoms with van der Waals surface area (Å²) in [6.07, 6.45) is 2.76. The van der Waals surface area contributed by atoms with Gasteiger partial charge in [0.05, 0.1) is 12.8 Å². The third-order valence-electron chi connectivity index (χ3n) is 4.21. The quantitative estimate of drug-likeness (QED) is 0.585. The second-order valence-electron chi connectivity index (χ2n) is 5.96. The fourth-order valence-electron chi connectivity index (χ4n) is 3.04. The molecule has 0 atom stereocenters. The van der Waals surface area contributed by atoms with Crippen LogP contribution in [-0.4, -0.2) is 39.4 Å². The van der Waals surface area contributed by atoms with Gasteiger partial charge in [0.15, 0.2) is 11.4 Å². The van der Waals surface area contributed by atoms with Crippen LogP contribution in [0.2, 0.25) is 0 Å². The van der Waals surface area contributed by atoms with Crippen LogP contribution in [0.25, 0.3) is 28.1 Å². The largest absolute Gasteiger partial charge is 0.454 e. The first kappa shape index (κ1) is 15.7. The van der Waals surface area contributed by atoms with E-state index >= 15 is 0 Å². The molecule has 4 aromatic rings. The van der Waals surface area contributed by atoms with Crippen molar-refractivity contribution in [2.75, 3.05) is 24.6 Å². The Morgan fingerprint density at radius 2 is 2.04 bits per heavy atom. The molecular weight excluding hydrogens is 316 g/mol. The molecule has 3 aromatic heterocycles. The van der Waals surface area contributed by atoms with Crippen molar-refractivity contribution in [1.82, 2.24) is 14.6 Å². The lowest BCUT2D eigenvalue weighted by molar-refractivity contribution is 0.301. The molecular formula is C19H20N4O2. The van der Waals surface area contributed by atoms with Gasteiger partial charge in [-0.05, 0) is 30.7 Å². The smallest absolute Gasteiger partial charge is 0.155 e. The van der Waals surface area contributed by atoms with Gasteiger partial charge in [0.1, 0.15) is 17.1 Å². The van der Waals surface area contributed by atoms with Crippen LogP contribution in [0.15, 0.2) is 53.1 Å². The molecule has 0 aliphatic carbocycles. The van der Waals surface area contributed by atoms with Crippen molar-refractivity contribution >= 4 is 22.4 Å². The van der Waals surface area contributed by atoms with Crippen LogP contribution >= 0.6 is 0 Å². The molecule has 1 aromatic carbocycles. The second-order valence-corrected chi connectivity index (χ2v) is 5.96. The molecule has 0 fully saturated rings. The van der Waals surface area contributed by atoms with E-state index < -0.39 is 0 Å². The van der Waals surface area contributed by atoms with E-state index in [4.69, 9.17) is 9.52 Å². The Morgan fingerprint density at radius 1 is 1.16 bits per heavy atom. The Balaban J connectivity index is 1.80. The molecule has 4 rings (SSSR count). The van der Waals surface area contributed by atoms with Crippen LogP contribution in [0.3, 0.4) is 0 Å². The highest BCUT2D eigenvalue weighted by atomic mass is 16.3. The SMILES string of the molecule is CCCN(CCO)c1ccc2ncc(-c3cc4ccccc4o3)n2n1. The average Bonchev–Trinajstić information content (AvgIpc) is 3.24. The molecule has 0 bridgehead atoms. The van der Waals surface area contributed by atoms with Crippen LogP contribution in [-0.2, 0) is 0 Å². The van der Waals surface area contributed by atoms with E-state index in [1.165, 1.54) is 0 Å². The monoisotopic (exact) mass is 336 g/mol. The maximum Gasteiger partial charge on any atom is 0.155 e. The van der Waals surface area contributed by atoms with Crippen molar-refractivity contribution in [3.05, 3.63) is 48.7 Å². The number of hydrogen-bond acceptors (Lipinski definition) is 5. The van der Waals surface area contributed by atoms with Crippen LogP contribution in [0.1, 0.15) is 13.3 Å². The van der Waals surface area contributed by atoms with Gasteiger partial charge in [-0.1, -0.05) is 25.1 Å². The summed E-state index contributed by atoms with van der Waals surface area (Å²) in [5.74, 6) is 1.56. The molecule has 0 radical (unpaired) electrons. The van der Waals surface area contributed by atoms with Crippen molar-refractivity contribution in [2.24, 2.45) is 0 Å². The van der Waals surface area contributed by atoms with Crippen molar-refractivity contribution in [3.8, 4) is 11.5 Å². The number of nitrogens with zero attached hydrogens (tertiary/aromatic N) is 4. The lowest BCUT2D eigenvalue weighted by atomic mass is 10.2. The lowest BCUT2D eigenvalue weighted by Crippen LogP contribution is -2.28. The van der Waals surface area contributed by atoms with Gasteiger partial charge in [0, 0.05) is 18.5 Å². The molecule has 25 heavy (non-hydrogen) atoms. The zero-order valence-corrected chi connectivity index (χ0v) is 14.1. The summed E-state index contributed by atoms with van der Waals surface area (Å²) in [6.45, 7) is 3.61. The summed E-state index contributed by atoms with van der Waals surface area (Å²) < 4.78 is 7.76. The number of fused-ring (bicyclic) bond motifs is 2. The maximum absolute atomic E-state index is 9.31. The van der Waals surface area contributed by atoms with E-state index in [1.54, 1.807) is 10.7 Å². The third kappa shape index (κ3) is 2.85. The van der Waals surface area contributed by atoms with Gasteiger partial charge >= 0.3 is 0 Å². The minimum atomic E-state index is 0.0973. The van der Waals surface area contributed by atoms with E-state index in [0.717, 1.165) is 46.9 Å². The molecule has 0 amide bonds. The Labute approximate surface area is 145 Å². The predicted octanol–water partition coefficient (Wildman–Crippen LogP) is 3.35. The minimum Gasteiger partial charge on any atom is -0.454 e. The van der Waals surface area contributed by atoms with E-state index in [9.17, 15) is 5.11 Å². The van der Waals surface area contributed by atoms with Crippen LogP contribution in [0.5, 0.6) is 0 Å². The standard InChI is InChI=1S/C19H20N4O2/c1-2-9-22(10-11-24)19-8-7-18-20-13-15(23(18)21-19)17-12-14-5-3-4-6-16(14)25-17/h3-8,12-13,24H,2,9-11H2,1H3. The highest BCUT2D eigenvalue weighted by molar-refractivity contribution is 5.82. The summed E-state index contributed by atoms with van der Waals surface area (Å²) in [6, 6.07) is 13.8. The Bertz CT molecular complexity index is 966. The zero-order valence-electron chi connectivity index (χ0n) is 14.1. The summed E-state index contributed by atoms with van der Waals surface area (Å²) in [4.78, 5) is 6.50. The number of furan rings is 1. The number of imidazole rings is 1. The number of benzene rings is 1. The van der Waals surface area contributed by atoms with Crippen LogP contribution in [0.4, 0.5) is 5.82 Å². The van der Waals surface area contributed by atoms with Gasteiger partial charge in [-0.15, -0.1) is 5.10 Å². The number of aromatic nitrogens is 3. The first-order valence-electron chi connectivity index (χ1n) is 8.49. The Kier molecular flexibility index (Phi) is 4.11. The molecule has 0 saturated heterocycles. The van der Waals surface area contributed by atoms with Gasteiger partial charge in [0.25, 0.3) is 0 Å². The van der Waals surface area contributed by atoms with Crippen LogP contribution in [0, 0.1) is 0 Å². The zero-order chi connectivity index (χ0) is 17.2. The number of para-hydroxylation sites is 1. The van der Waals surface area contributed by atoms with Crippen molar-refractivity contribution in [3.63, 3.8) is 0 Å². The van der Waals surface area contributed by atoms with Gasteiger partial charge in [-0.3, -0.25) is 0 Å². The summed E-state index contributed by atoms with van der Waals surface area (Å²) >= 11 is 0. The summed E-state index contributed by atoms with van der Waals surface area (Å²) in [7, 11) is 0. The third-order valence-corrected chi connectivity index (χ3v) is 4.21. The van der Waals surface area contributed by atoms with Gasteiger partial charge < -0.3 is 14.4 Å². The minimum absolute atomic E-state index is 0.0973. The highest BCUT2D eigenvalue weighted by Crippen LogP contribution is 2.28. The molecule has 3 heterocycles. The highest BCUT2D eigenvalue weighted by Gasteiger charge is 2.14. The van der Waals surface area contributed by atoms with E-state index in [-0.39, 0.29) is 6.61 Å². The summed E-state index contributed by atoms with van der Waals surface area (Å²) in [5, 5.41) is 15.1. The fourth-order valence-corrected chi connectivity index (χ4v) is 3.04.